The summed E-state index contributed by atoms with van der Waals surface area (Å²) < 4.78 is 0. The fraction of sp³-hybridized carbons (Fsp3) is 0.737. The summed E-state index contributed by atoms with van der Waals surface area (Å²) in [6.07, 6.45) is 12.2. The maximum Gasteiger partial charge on any atom is 0.317 e. The molecule has 0 aromatic rings. The molecule has 0 saturated heterocycles. The zero-order chi connectivity index (χ0) is 14.8. The molecule has 116 valence electrons. The minimum Gasteiger partial charge on any atom is -0.283 e. The van der Waals surface area contributed by atoms with Gasteiger partial charge in [0.15, 0.2) is 0 Å². The van der Waals surface area contributed by atoms with Gasteiger partial charge in [-0.15, -0.1) is 0 Å². The van der Waals surface area contributed by atoms with Gasteiger partial charge in [0, 0.05) is 11.8 Å². The molecule has 0 radical (unpaired) electrons. The standard InChI is InChI=1S/C19H23NO2/c21-18-16-8-15-13(17(16)9-20-19(18)22)6-5-12-11-4-2-1-3-10(11)7-14(12)15/h9-15H,1-8H2. The Morgan fingerprint density at radius 3 is 2.68 bits per heavy atom. The molecule has 0 aromatic carbocycles. The molecule has 0 N–H and O–H groups in total. The first-order valence-corrected chi connectivity index (χ1v) is 9.10. The molecule has 5 rings (SSSR count). The molecule has 6 unspecified atom stereocenters. The van der Waals surface area contributed by atoms with E-state index in [2.05, 4.69) is 4.99 Å². The second-order valence-electron chi connectivity index (χ2n) is 8.15. The highest BCUT2D eigenvalue weighted by molar-refractivity contribution is 6.46. The predicted molar refractivity (Wildman–Crippen MR) is 83.4 cm³/mol. The summed E-state index contributed by atoms with van der Waals surface area (Å²) in [7, 11) is 0. The van der Waals surface area contributed by atoms with E-state index in [4.69, 9.17) is 0 Å². The average molecular weight is 297 g/mol. The summed E-state index contributed by atoms with van der Waals surface area (Å²) >= 11 is 0. The van der Waals surface area contributed by atoms with E-state index >= 15 is 0 Å². The van der Waals surface area contributed by atoms with Crippen LogP contribution in [0.5, 0.6) is 0 Å². The molecule has 0 aromatic heterocycles. The number of carbonyl (C=O) groups is 2. The molecular formula is C19H23NO2. The van der Waals surface area contributed by atoms with Gasteiger partial charge in [-0.1, -0.05) is 19.3 Å². The maximum absolute atomic E-state index is 12.2. The van der Waals surface area contributed by atoms with Gasteiger partial charge < -0.3 is 0 Å². The molecule has 1 heterocycles. The Morgan fingerprint density at radius 2 is 1.77 bits per heavy atom. The summed E-state index contributed by atoms with van der Waals surface area (Å²) in [5.74, 6) is 3.89. The van der Waals surface area contributed by atoms with Gasteiger partial charge in [-0.25, -0.2) is 4.99 Å². The normalized spacial score (nSPS) is 46.4. The monoisotopic (exact) mass is 297 g/mol. The van der Waals surface area contributed by atoms with Crippen LogP contribution >= 0.6 is 0 Å². The molecule has 22 heavy (non-hydrogen) atoms. The minimum absolute atomic E-state index is 0.307. The fourth-order valence-corrected chi connectivity index (χ4v) is 6.71. The number of Topliss-reactive ketones (excluding diaryl/α,β-unsaturated/α-hetero) is 1. The number of nitrogens with zero attached hydrogens (tertiary/aromatic N) is 1. The van der Waals surface area contributed by atoms with Crippen LogP contribution in [-0.2, 0) is 9.59 Å². The number of amides is 1. The number of aliphatic imine (C=N–C) groups is 1. The summed E-state index contributed by atoms with van der Waals surface area (Å²) in [5.41, 5.74) is 1.95. The fourth-order valence-electron chi connectivity index (χ4n) is 6.71. The zero-order valence-electron chi connectivity index (χ0n) is 13.0. The largest absolute Gasteiger partial charge is 0.317 e. The van der Waals surface area contributed by atoms with Crippen LogP contribution in [0.4, 0.5) is 0 Å². The lowest BCUT2D eigenvalue weighted by Gasteiger charge is -2.39. The van der Waals surface area contributed by atoms with Crippen molar-refractivity contribution >= 4 is 17.9 Å². The molecule has 3 heteroatoms. The second-order valence-corrected chi connectivity index (χ2v) is 8.15. The van der Waals surface area contributed by atoms with Crippen molar-refractivity contribution in [1.82, 2.24) is 0 Å². The lowest BCUT2D eigenvalue weighted by molar-refractivity contribution is -0.133. The van der Waals surface area contributed by atoms with Gasteiger partial charge in [0.1, 0.15) is 0 Å². The first-order valence-electron chi connectivity index (χ1n) is 9.10. The molecule has 3 fully saturated rings. The molecule has 0 spiro atoms. The zero-order valence-corrected chi connectivity index (χ0v) is 13.0. The van der Waals surface area contributed by atoms with E-state index in [1.54, 1.807) is 6.21 Å². The van der Waals surface area contributed by atoms with Crippen molar-refractivity contribution in [1.29, 1.82) is 0 Å². The summed E-state index contributed by atoms with van der Waals surface area (Å²) in [6.45, 7) is 0. The van der Waals surface area contributed by atoms with Crippen LogP contribution in [0.1, 0.15) is 51.4 Å². The number of fused-ring (bicyclic) bond motifs is 6. The summed E-state index contributed by atoms with van der Waals surface area (Å²) in [5, 5.41) is 0. The van der Waals surface area contributed by atoms with Crippen LogP contribution < -0.4 is 0 Å². The van der Waals surface area contributed by atoms with Gasteiger partial charge in [-0.05, 0) is 73.2 Å². The quantitative estimate of drug-likeness (QED) is 0.644. The van der Waals surface area contributed by atoms with Crippen molar-refractivity contribution in [3.05, 3.63) is 11.1 Å². The average Bonchev–Trinajstić information content (AvgIpc) is 3.09. The lowest BCUT2D eigenvalue weighted by Crippen LogP contribution is -2.32. The van der Waals surface area contributed by atoms with Crippen molar-refractivity contribution in [3.8, 4) is 0 Å². The highest BCUT2D eigenvalue weighted by atomic mass is 16.2. The van der Waals surface area contributed by atoms with E-state index in [0.29, 0.717) is 11.8 Å². The van der Waals surface area contributed by atoms with Gasteiger partial charge in [0.2, 0.25) is 5.78 Å². The van der Waals surface area contributed by atoms with Crippen molar-refractivity contribution in [2.45, 2.75) is 51.4 Å². The Morgan fingerprint density at radius 1 is 0.909 bits per heavy atom. The van der Waals surface area contributed by atoms with Crippen LogP contribution in [-0.4, -0.2) is 17.9 Å². The first kappa shape index (κ1) is 13.2. The Labute approximate surface area is 131 Å². The van der Waals surface area contributed by atoms with Crippen LogP contribution in [0.3, 0.4) is 0 Å². The van der Waals surface area contributed by atoms with Crippen LogP contribution in [0.15, 0.2) is 16.1 Å². The van der Waals surface area contributed by atoms with Crippen LogP contribution in [0.2, 0.25) is 0 Å². The number of rotatable bonds is 0. The third kappa shape index (κ3) is 1.65. The van der Waals surface area contributed by atoms with Crippen molar-refractivity contribution in [2.24, 2.45) is 40.5 Å². The van der Waals surface area contributed by atoms with Gasteiger partial charge in [0.05, 0.1) is 0 Å². The molecule has 6 atom stereocenters. The van der Waals surface area contributed by atoms with Crippen molar-refractivity contribution in [2.75, 3.05) is 0 Å². The van der Waals surface area contributed by atoms with Crippen LogP contribution in [0, 0.1) is 35.5 Å². The van der Waals surface area contributed by atoms with Crippen molar-refractivity contribution < 1.29 is 9.59 Å². The van der Waals surface area contributed by atoms with Gasteiger partial charge in [0.25, 0.3) is 0 Å². The van der Waals surface area contributed by atoms with Gasteiger partial charge in [-0.2, -0.15) is 0 Å². The number of dihydropyridines is 1. The van der Waals surface area contributed by atoms with E-state index in [-0.39, 0.29) is 5.78 Å². The highest BCUT2D eigenvalue weighted by Gasteiger charge is 2.54. The second kappa shape index (κ2) is 4.62. The first-order chi connectivity index (χ1) is 10.7. The Hall–Kier alpha value is -1.25. The maximum atomic E-state index is 12.2. The molecule has 3 nitrogen and oxygen atoms in total. The lowest BCUT2D eigenvalue weighted by atomic mass is 9.65. The molecule has 1 aliphatic heterocycles. The third-order valence-corrected chi connectivity index (χ3v) is 7.50. The van der Waals surface area contributed by atoms with Gasteiger partial charge in [-0.3, -0.25) is 9.59 Å². The molecule has 3 saturated carbocycles. The Bertz CT molecular complexity index is 617. The Kier molecular flexibility index (Phi) is 2.78. The predicted octanol–water partition coefficient (Wildman–Crippen LogP) is 3.34. The summed E-state index contributed by atoms with van der Waals surface area (Å²) in [4.78, 5) is 27.6. The number of hydrogen-bond acceptors (Lipinski definition) is 2. The molecule has 0 bridgehead atoms. The smallest absolute Gasteiger partial charge is 0.283 e. The molecule has 5 aliphatic rings. The van der Waals surface area contributed by atoms with E-state index in [9.17, 15) is 9.59 Å². The van der Waals surface area contributed by atoms with E-state index in [0.717, 1.165) is 41.2 Å². The van der Waals surface area contributed by atoms with E-state index < -0.39 is 5.91 Å². The SMILES string of the molecule is O=C1N=CC2=C(CC3C2CCC2C4CCCCC4CC32)C1=O. The number of carbonyl (C=O) groups excluding carboxylic acids is 2. The summed E-state index contributed by atoms with van der Waals surface area (Å²) in [6, 6.07) is 0. The molecular weight excluding hydrogens is 274 g/mol. The molecule has 4 aliphatic carbocycles. The third-order valence-electron chi connectivity index (χ3n) is 7.50. The van der Waals surface area contributed by atoms with E-state index in [1.165, 1.54) is 44.9 Å². The Balaban J connectivity index is 1.45. The topological polar surface area (TPSA) is 46.5 Å². The number of ketones is 1. The molecule has 1 amide bonds. The minimum atomic E-state index is -0.547. The highest BCUT2D eigenvalue weighted by Crippen LogP contribution is 2.61. The van der Waals surface area contributed by atoms with Crippen molar-refractivity contribution in [3.63, 3.8) is 0 Å². The number of allylic oxidation sites excluding steroid dienone is 1. The van der Waals surface area contributed by atoms with Crippen LogP contribution in [0.25, 0.3) is 0 Å². The van der Waals surface area contributed by atoms with Gasteiger partial charge >= 0.3 is 5.91 Å². The van der Waals surface area contributed by atoms with E-state index in [1.807, 2.05) is 0 Å². The number of hydrogen-bond donors (Lipinski definition) is 0.